The average Bonchev–Trinajstić information content (AvgIpc) is 2.43. The van der Waals surface area contributed by atoms with Gasteiger partial charge in [-0.2, -0.15) is 0 Å². The minimum atomic E-state index is 0.323. The first-order valence-electron chi connectivity index (χ1n) is 7.28. The topological polar surface area (TPSA) is 39.7 Å². The fraction of sp³-hybridized carbons (Fsp3) is 0.625. The smallest absolute Gasteiger partial charge is 0.164 e. The van der Waals surface area contributed by atoms with E-state index in [1.54, 1.807) is 21.3 Å². The van der Waals surface area contributed by atoms with Crippen LogP contribution in [-0.4, -0.2) is 27.9 Å². The molecule has 1 aliphatic carbocycles. The van der Waals surface area contributed by atoms with Gasteiger partial charge < -0.3 is 19.5 Å². The Morgan fingerprint density at radius 2 is 1.65 bits per heavy atom. The van der Waals surface area contributed by atoms with Gasteiger partial charge in [-0.15, -0.1) is 0 Å². The van der Waals surface area contributed by atoms with Gasteiger partial charge in [0.05, 0.1) is 21.3 Å². The Balaban J connectivity index is 2.40. The molecule has 112 valence electrons. The van der Waals surface area contributed by atoms with Crippen LogP contribution in [0.3, 0.4) is 0 Å². The number of hydrogen-bond donors (Lipinski definition) is 1. The molecule has 1 fully saturated rings. The van der Waals surface area contributed by atoms with Crippen molar-refractivity contribution in [3.63, 3.8) is 0 Å². The second-order valence-electron chi connectivity index (χ2n) is 5.18. The predicted octanol–water partition coefficient (Wildman–Crippen LogP) is 3.16. The number of methoxy groups -OCH3 is 3. The van der Waals surface area contributed by atoms with Crippen molar-refractivity contribution < 1.29 is 14.2 Å². The highest BCUT2D eigenvalue weighted by molar-refractivity contribution is 5.52. The summed E-state index contributed by atoms with van der Waals surface area (Å²) in [5, 5.41) is 3.59. The van der Waals surface area contributed by atoms with Crippen molar-refractivity contribution in [3.05, 3.63) is 17.7 Å². The summed E-state index contributed by atoms with van der Waals surface area (Å²) in [5.74, 6) is 3.00. The predicted molar refractivity (Wildman–Crippen MR) is 79.9 cm³/mol. The molecule has 4 heteroatoms. The number of benzene rings is 1. The molecule has 0 heterocycles. The zero-order valence-corrected chi connectivity index (χ0v) is 12.9. The van der Waals surface area contributed by atoms with E-state index in [1.165, 1.54) is 19.3 Å². The molecule has 2 rings (SSSR count). The molecular formula is C16H25NO3. The minimum Gasteiger partial charge on any atom is -0.496 e. The van der Waals surface area contributed by atoms with Crippen molar-refractivity contribution in [2.75, 3.05) is 27.9 Å². The minimum absolute atomic E-state index is 0.323. The van der Waals surface area contributed by atoms with Gasteiger partial charge in [-0.05, 0) is 31.4 Å². The maximum Gasteiger partial charge on any atom is 0.164 e. The third kappa shape index (κ3) is 2.85. The van der Waals surface area contributed by atoms with Crippen molar-refractivity contribution >= 4 is 0 Å². The lowest BCUT2D eigenvalue weighted by atomic mass is 9.77. The summed E-state index contributed by atoms with van der Waals surface area (Å²) in [5.41, 5.74) is 1.16. The Bertz CT molecular complexity index is 444. The van der Waals surface area contributed by atoms with Crippen molar-refractivity contribution in [3.8, 4) is 17.2 Å². The molecular weight excluding hydrogens is 254 g/mol. The molecule has 1 atom stereocenters. The Kier molecular flexibility index (Phi) is 5.12. The van der Waals surface area contributed by atoms with E-state index >= 15 is 0 Å². The highest BCUT2D eigenvalue weighted by Crippen LogP contribution is 2.44. The van der Waals surface area contributed by atoms with Crippen LogP contribution in [0.1, 0.15) is 37.8 Å². The lowest BCUT2D eigenvalue weighted by Crippen LogP contribution is -2.32. The van der Waals surface area contributed by atoms with Gasteiger partial charge in [0.25, 0.3) is 0 Å². The molecule has 20 heavy (non-hydrogen) atoms. The molecule has 1 N–H and O–H groups in total. The average molecular weight is 279 g/mol. The first kappa shape index (κ1) is 15.0. The standard InChI is InChI=1S/C16H25NO3/c1-5-17-16(11-7-6-8-11)12-9-14(19-3)15(20-4)10-13(12)18-2/h9-11,16-17H,5-8H2,1-4H3. The van der Waals surface area contributed by atoms with Crippen LogP contribution in [0.4, 0.5) is 0 Å². The van der Waals surface area contributed by atoms with Gasteiger partial charge in [0.1, 0.15) is 5.75 Å². The number of hydrogen-bond acceptors (Lipinski definition) is 4. The molecule has 1 saturated carbocycles. The Morgan fingerprint density at radius 3 is 2.10 bits per heavy atom. The zero-order chi connectivity index (χ0) is 14.5. The van der Waals surface area contributed by atoms with E-state index in [0.717, 1.165) is 23.6 Å². The van der Waals surface area contributed by atoms with Gasteiger partial charge >= 0.3 is 0 Å². The fourth-order valence-electron chi connectivity index (χ4n) is 2.82. The molecule has 0 aliphatic heterocycles. The normalized spacial score (nSPS) is 16.4. The maximum atomic E-state index is 5.56. The van der Waals surface area contributed by atoms with E-state index in [0.29, 0.717) is 17.7 Å². The molecule has 1 aromatic rings. The SMILES string of the molecule is CCNC(c1cc(OC)c(OC)cc1OC)C1CCC1. The summed E-state index contributed by atoms with van der Waals surface area (Å²) in [6, 6.07) is 4.28. The van der Waals surface area contributed by atoms with Gasteiger partial charge in [-0.3, -0.25) is 0 Å². The van der Waals surface area contributed by atoms with Crippen molar-refractivity contribution in [2.45, 2.75) is 32.2 Å². The van der Waals surface area contributed by atoms with E-state index in [9.17, 15) is 0 Å². The van der Waals surface area contributed by atoms with E-state index in [4.69, 9.17) is 14.2 Å². The van der Waals surface area contributed by atoms with Gasteiger partial charge in [-0.25, -0.2) is 0 Å². The van der Waals surface area contributed by atoms with Crippen LogP contribution in [0.15, 0.2) is 12.1 Å². The lowest BCUT2D eigenvalue weighted by molar-refractivity contribution is 0.228. The Hall–Kier alpha value is -1.42. The highest BCUT2D eigenvalue weighted by Gasteiger charge is 2.30. The summed E-state index contributed by atoms with van der Waals surface area (Å²) in [6.07, 6.45) is 3.87. The molecule has 0 saturated heterocycles. The Morgan fingerprint density at radius 1 is 1.05 bits per heavy atom. The maximum absolute atomic E-state index is 5.56. The van der Waals surface area contributed by atoms with Crippen LogP contribution in [0.5, 0.6) is 17.2 Å². The molecule has 1 unspecified atom stereocenters. The summed E-state index contributed by atoms with van der Waals surface area (Å²) in [4.78, 5) is 0. The van der Waals surface area contributed by atoms with Gasteiger partial charge in [-0.1, -0.05) is 13.3 Å². The van der Waals surface area contributed by atoms with Crippen molar-refractivity contribution in [1.82, 2.24) is 5.32 Å². The van der Waals surface area contributed by atoms with E-state index in [-0.39, 0.29) is 0 Å². The van der Waals surface area contributed by atoms with Crippen LogP contribution in [-0.2, 0) is 0 Å². The molecule has 0 spiro atoms. The molecule has 0 radical (unpaired) electrons. The van der Waals surface area contributed by atoms with Crippen molar-refractivity contribution in [1.29, 1.82) is 0 Å². The first-order chi connectivity index (χ1) is 9.74. The van der Waals surface area contributed by atoms with Crippen molar-refractivity contribution in [2.24, 2.45) is 5.92 Å². The Labute approximate surface area is 121 Å². The quantitative estimate of drug-likeness (QED) is 0.832. The molecule has 1 aromatic carbocycles. The largest absolute Gasteiger partial charge is 0.496 e. The molecule has 1 aliphatic rings. The lowest BCUT2D eigenvalue weighted by Gasteiger charge is -2.35. The molecule has 0 bridgehead atoms. The van der Waals surface area contributed by atoms with Gasteiger partial charge in [0.15, 0.2) is 11.5 Å². The number of ether oxygens (including phenoxy) is 3. The highest BCUT2D eigenvalue weighted by atomic mass is 16.5. The van der Waals surface area contributed by atoms with Crippen LogP contribution < -0.4 is 19.5 Å². The summed E-state index contributed by atoms with van der Waals surface area (Å²) >= 11 is 0. The summed E-state index contributed by atoms with van der Waals surface area (Å²) in [6.45, 7) is 3.08. The van der Waals surface area contributed by atoms with Crippen LogP contribution in [0.2, 0.25) is 0 Å². The molecule has 4 nitrogen and oxygen atoms in total. The van der Waals surface area contributed by atoms with E-state index in [2.05, 4.69) is 12.2 Å². The number of nitrogens with one attached hydrogen (secondary N) is 1. The van der Waals surface area contributed by atoms with Crippen LogP contribution >= 0.6 is 0 Å². The third-order valence-electron chi connectivity index (χ3n) is 4.12. The van der Waals surface area contributed by atoms with Gasteiger partial charge in [0, 0.05) is 17.7 Å². The monoisotopic (exact) mass is 279 g/mol. The summed E-state index contributed by atoms with van der Waals surface area (Å²) in [7, 11) is 5.01. The second-order valence-corrected chi connectivity index (χ2v) is 5.18. The zero-order valence-electron chi connectivity index (χ0n) is 12.9. The van der Waals surface area contributed by atoms with Gasteiger partial charge in [0.2, 0.25) is 0 Å². The van der Waals surface area contributed by atoms with Crippen LogP contribution in [0, 0.1) is 5.92 Å². The molecule has 0 amide bonds. The third-order valence-corrected chi connectivity index (χ3v) is 4.12. The molecule has 0 aromatic heterocycles. The van der Waals surface area contributed by atoms with E-state index in [1.807, 2.05) is 12.1 Å². The second kappa shape index (κ2) is 6.84. The first-order valence-corrected chi connectivity index (χ1v) is 7.28. The van der Waals surface area contributed by atoms with Crippen LogP contribution in [0.25, 0.3) is 0 Å². The fourth-order valence-corrected chi connectivity index (χ4v) is 2.82. The summed E-state index contributed by atoms with van der Waals surface area (Å²) < 4.78 is 16.3. The van der Waals surface area contributed by atoms with E-state index < -0.39 is 0 Å². The number of rotatable bonds is 7.